The largest absolute Gasteiger partial charge is 0.454 e. The third-order valence-electron chi connectivity index (χ3n) is 5.00. The minimum Gasteiger partial charge on any atom is -0.454 e. The quantitative estimate of drug-likeness (QED) is 0.737. The molecule has 0 bridgehead atoms. The Bertz CT molecular complexity index is 1050. The lowest BCUT2D eigenvalue weighted by atomic mass is 10.1. The molecule has 5 rings (SSSR count). The number of amides is 1. The number of benzene rings is 3. The molecule has 0 saturated carbocycles. The van der Waals surface area contributed by atoms with E-state index in [2.05, 4.69) is 5.32 Å². The lowest BCUT2D eigenvalue weighted by molar-refractivity contribution is 0.0728. The van der Waals surface area contributed by atoms with E-state index in [1.54, 1.807) is 17.0 Å². The van der Waals surface area contributed by atoms with Crippen molar-refractivity contribution < 1.29 is 18.7 Å². The van der Waals surface area contributed by atoms with Gasteiger partial charge in [-0.2, -0.15) is 0 Å². The standard InChI is InChI=1S/C22H17FN2O3/c23-15-6-8-16(9-7-15)24-21-17-3-1-2-4-18(17)22(26)25(21)12-14-5-10-19-20(11-14)28-13-27-19/h1-11,21,24H,12-13H2/t21-/m0/s1. The van der Waals surface area contributed by atoms with Crippen LogP contribution in [0.5, 0.6) is 11.5 Å². The normalized spacial score (nSPS) is 17.0. The van der Waals surface area contributed by atoms with Crippen molar-refractivity contribution in [2.75, 3.05) is 12.1 Å². The van der Waals surface area contributed by atoms with Crippen LogP contribution in [0, 0.1) is 5.82 Å². The highest BCUT2D eigenvalue weighted by Gasteiger charge is 2.36. The van der Waals surface area contributed by atoms with Gasteiger partial charge in [-0.1, -0.05) is 24.3 Å². The smallest absolute Gasteiger partial charge is 0.256 e. The summed E-state index contributed by atoms with van der Waals surface area (Å²) in [6.45, 7) is 0.616. The van der Waals surface area contributed by atoms with Crippen molar-refractivity contribution in [3.8, 4) is 11.5 Å². The SMILES string of the molecule is O=C1c2ccccc2[C@@H](Nc2ccc(F)cc2)N1Cc1ccc2c(c1)OCO2. The average Bonchev–Trinajstić information content (AvgIpc) is 3.28. The summed E-state index contributed by atoms with van der Waals surface area (Å²) in [6.07, 6.45) is -0.348. The van der Waals surface area contributed by atoms with Crippen molar-refractivity contribution in [3.63, 3.8) is 0 Å². The molecular formula is C22H17FN2O3. The lowest BCUT2D eigenvalue weighted by Crippen LogP contribution is -2.31. The second kappa shape index (κ2) is 6.56. The van der Waals surface area contributed by atoms with E-state index in [0.717, 1.165) is 16.8 Å². The third kappa shape index (κ3) is 2.83. The molecule has 0 saturated heterocycles. The van der Waals surface area contributed by atoms with Crippen LogP contribution in [-0.4, -0.2) is 17.6 Å². The summed E-state index contributed by atoms with van der Waals surface area (Å²) in [6, 6.07) is 19.3. The number of carbonyl (C=O) groups excluding carboxylic acids is 1. The Balaban J connectivity index is 1.47. The number of anilines is 1. The first kappa shape index (κ1) is 16.6. The Labute approximate surface area is 161 Å². The third-order valence-corrected chi connectivity index (χ3v) is 5.00. The molecule has 0 fully saturated rings. The van der Waals surface area contributed by atoms with Gasteiger partial charge in [0.15, 0.2) is 11.5 Å². The van der Waals surface area contributed by atoms with E-state index < -0.39 is 0 Å². The first-order chi connectivity index (χ1) is 13.7. The Kier molecular flexibility index (Phi) is 3.90. The molecule has 1 N–H and O–H groups in total. The molecule has 0 radical (unpaired) electrons. The first-order valence-corrected chi connectivity index (χ1v) is 8.99. The molecule has 2 aliphatic rings. The zero-order chi connectivity index (χ0) is 19.1. The van der Waals surface area contributed by atoms with Gasteiger partial charge in [-0.05, 0) is 48.0 Å². The zero-order valence-corrected chi connectivity index (χ0v) is 14.9. The van der Waals surface area contributed by atoms with Gasteiger partial charge in [0, 0.05) is 23.4 Å². The number of fused-ring (bicyclic) bond motifs is 2. The van der Waals surface area contributed by atoms with Crippen LogP contribution in [0.2, 0.25) is 0 Å². The molecule has 140 valence electrons. The topological polar surface area (TPSA) is 50.8 Å². The van der Waals surface area contributed by atoms with Crippen LogP contribution in [0.25, 0.3) is 0 Å². The minimum atomic E-state index is -0.348. The number of rotatable bonds is 4. The molecule has 5 nitrogen and oxygen atoms in total. The van der Waals surface area contributed by atoms with E-state index in [0.29, 0.717) is 23.6 Å². The second-order valence-electron chi connectivity index (χ2n) is 6.76. The first-order valence-electron chi connectivity index (χ1n) is 8.99. The van der Waals surface area contributed by atoms with Crippen molar-refractivity contribution in [2.45, 2.75) is 12.7 Å². The second-order valence-corrected chi connectivity index (χ2v) is 6.76. The van der Waals surface area contributed by atoms with Gasteiger partial charge in [-0.3, -0.25) is 4.79 Å². The minimum absolute atomic E-state index is 0.0483. The number of nitrogens with zero attached hydrogens (tertiary/aromatic N) is 1. The Hall–Kier alpha value is -3.54. The average molecular weight is 376 g/mol. The van der Waals surface area contributed by atoms with Gasteiger partial charge >= 0.3 is 0 Å². The monoisotopic (exact) mass is 376 g/mol. The Morgan fingerprint density at radius 2 is 1.79 bits per heavy atom. The summed E-state index contributed by atoms with van der Waals surface area (Å²) >= 11 is 0. The van der Waals surface area contributed by atoms with E-state index in [-0.39, 0.29) is 24.7 Å². The molecule has 6 heteroatoms. The van der Waals surface area contributed by atoms with Crippen LogP contribution in [0.1, 0.15) is 27.7 Å². The molecule has 28 heavy (non-hydrogen) atoms. The van der Waals surface area contributed by atoms with Crippen molar-refractivity contribution in [1.82, 2.24) is 4.90 Å². The van der Waals surface area contributed by atoms with Crippen LogP contribution < -0.4 is 14.8 Å². The molecule has 3 aromatic rings. The zero-order valence-electron chi connectivity index (χ0n) is 14.9. The number of ether oxygens (including phenoxy) is 2. The van der Waals surface area contributed by atoms with E-state index in [4.69, 9.17) is 9.47 Å². The molecule has 0 unspecified atom stereocenters. The number of halogens is 1. The molecule has 0 spiro atoms. The molecule has 1 amide bonds. The molecule has 1 atom stereocenters. The highest BCUT2D eigenvalue weighted by atomic mass is 19.1. The van der Waals surface area contributed by atoms with Gasteiger partial charge in [0.1, 0.15) is 12.0 Å². The summed E-state index contributed by atoms with van der Waals surface area (Å²) in [5.41, 5.74) is 3.25. The summed E-state index contributed by atoms with van der Waals surface area (Å²) in [5.74, 6) is 1.05. The van der Waals surface area contributed by atoms with Gasteiger partial charge in [0.2, 0.25) is 6.79 Å². The fraction of sp³-hybridized carbons (Fsp3) is 0.136. The molecule has 2 heterocycles. The summed E-state index contributed by atoms with van der Waals surface area (Å²) in [5, 5.41) is 3.36. The molecule has 2 aliphatic heterocycles. The van der Waals surface area contributed by atoms with Gasteiger partial charge in [0.05, 0.1) is 0 Å². The Morgan fingerprint density at radius 1 is 1.00 bits per heavy atom. The number of nitrogens with one attached hydrogen (secondary N) is 1. The number of hydrogen-bond donors (Lipinski definition) is 1. The van der Waals surface area contributed by atoms with Crippen molar-refractivity contribution in [2.24, 2.45) is 0 Å². The van der Waals surface area contributed by atoms with Crippen LogP contribution in [0.15, 0.2) is 66.7 Å². The van der Waals surface area contributed by atoms with E-state index in [9.17, 15) is 9.18 Å². The van der Waals surface area contributed by atoms with Gasteiger partial charge in [-0.15, -0.1) is 0 Å². The number of carbonyl (C=O) groups is 1. The van der Waals surface area contributed by atoms with Crippen LogP contribution in [0.3, 0.4) is 0 Å². The van der Waals surface area contributed by atoms with Crippen molar-refractivity contribution in [1.29, 1.82) is 0 Å². The molecular weight excluding hydrogens is 359 g/mol. The summed E-state index contributed by atoms with van der Waals surface area (Å²) < 4.78 is 24.1. The predicted octanol–water partition coefficient (Wildman–Crippen LogP) is 4.32. The predicted molar refractivity (Wildman–Crippen MR) is 102 cm³/mol. The lowest BCUT2D eigenvalue weighted by Gasteiger charge is -2.27. The van der Waals surface area contributed by atoms with Gasteiger partial charge in [0.25, 0.3) is 5.91 Å². The van der Waals surface area contributed by atoms with Gasteiger partial charge < -0.3 is 19.7 Å². The van der Waals surface area contributed by atoms with Gasteiger partial charge in [-0.25, -0.2) is 4.39 Å². The van der Waals surface area contributed by atoms with E-state index in [1.165, 1.54) is 12.1 Å². The maximum Gasteiger partial charge on any atom is 0.256 e. The highest BCUT2D eigenvalue weighted by molar-refractivity contribution is 5.99. The molecule has 0 aliphatic carbocycles. The summed E-state index contributed by atoms with van der Waals surface area (Å²) in [7, 11) is 0. The van der Waals surface area contributed by atoms with E-state index in [1.807, 2.05) is 42.5 Å². The fourth-order valence-electron chi connectivity index (χ4n) is 3.63. The van der Waals surface area contributed by atoms with Crippen molar-refractivity contribution in [3.05, 3.63) is 89.2 Å². The van der Waals surface area contributed by atoms with Crippen molar-refractivity contribution >= 4 is 11.6 Å². The van der Waals surface area contributed by atoms with Crippen LogP contribution in [0.4, 0.5) is 10.1 Å². The maximum absolute atomic E-state index is 13.3. The maximum atomic E-state index is 13.3. The summed E-state index contributed by atoms with van der Waals surface area (Å²) in [4.78, 5) is 14.8. The number of hydrogen-bond acceptors (Lipinski definition) is 4. The fourth-order valence-corrected chi connectivity index (χ4v) is 3.63. The highest BCUT2D eigenvalue weighted by Crippen LogP contribution is 2.37. The Morgan fingerprint density at radius 3 is 2.64 bits per heavy atom. The van der Waals surface area contributed by atoms with E-state index >= 15 is 0 Å². The van der Waals surface area contributed by atoms with Crippen LogP contribution in [-0.2, 0) is 6.54 Å². The molecule has 0 aromatic heterocycles. The van der Waals surface area contributed by atoms with Crippen LogP contribution >= 0.6 is 0 Å². The molecule has 3 aromatic carbocycles.